The van der Waals surface area contributed by atoms with E-state index >= 15 is 0 Å². The zero-order chi connectivity index (χ0) is 14.7. The molecule has 0 saturated heterocycles. The highest BCUT2D eigenvalue weighted by atomic mass is 32.1. The lowest BCUT2D eigenvalue weighted by Crippen LogP contribution is -2.10. The molecule has 6 heteroatoms. The number of pyridine rings is 1. The zero-order valence-corrected chi connectivity index (χ0v) is 11.8. The summed E-state index contributed by atoms with van der Waals surface area (Å²) in [6, 6.07) is 10.8. The molecule has 2 aromatic heterocycles. The number of nitrogens with two attached hydrogens (primary N) is 1. The molecule has 1 amide bonds. The molecular formula is C15H12N4OS. The van der Waals surface area contributed by atoms with E-state index in [2.05, 4.69) is 15.3 Å². The maximum absolute atomic E-state index is 11.2. The molecule has 0 spiro atoms. The number of carbonyl (C=O) groups excluding carboxylic acids is 1. The number of benzene rings is 1. The molecule has 3 rings (SSSR count). The fourth-order valence-corrected chi connectivity index (χ4v) is 2.59. The van der Waals surface area contributed by atoms with Crippen molar-refractivity contribution in [2.75, 3.05) is 5.32 Å². The van der Waals surface area contributed by atoms with Gasteiger partial charge in [0, 0.05) is 34.6 Å². The Labute approximate surface area is 125 Å². The van der Waals surface area contributed by atoms with E-state index in [-0.39, 0.29) is 0 Å². The van der Waals surface area contributed by atoms with Gasteiger partial charge in [0.05, 0.1) is 5.69 Å². The molecule has 0 radical (unpaired) electrons. The third-order valence-electron chi connectivity index (χ3n) is 2.86. The molecule has 21 heavy (non-hydrogen) atoms. The first-order valence-electron chi connectivity index (χ1n) is 6.25. The summed E-state index contributed by atoms with van der Waals surface area (Å²) in [5.74, 6) is -0.450. The van der Waals surface area contributed by atoms with Gasteiger partial charge in [-0.2, -0.15) is 0 Å². The summed E-state index contributed by atoms with van der Waals surface area (Å²) in [6.07, 6.45) is 3.50. The molecule has 0 aliphatic rings. The van der Waals surface area contributed by atoms with Gasteiger partial charge in [-0.05, 0) is 30.3 Å². The van der Waals surface area contributed by atoms with Crippen LogP contribution < -0.4 is 11.1 Å². The van der Waals surface area contributed by atoms with E-state index in [9.17, 15) is 4.79 Å². The number of amides is 1. The standard InChI is InChI=1S/C15H12N4OS/c16-14(20)10-3-1-5-12(7-10)18-15-19-13(9-21-15)11-4-2-6-17-8-11/h1-9H,(H2,16,20)(H,18,19). The van der Waals surface area contributed by atoms with E-state index in [0.717, 1.165) is 22.1 Å². The second kappa shape index (κ2) is 5.72. The highest BCUT2D eigenvalue weighted by molar-refractivity contribution is 7.14. The number of hydrogen-bond acceptors (Lipinski definition) is 5. The van der Waals surface area contributed by atoms with Crippen LogP contribution in [0.2, 0.25) is 0 Å². The van der Waals surface area contributed by atoms with Gasteiger partial charge in [0.15, 0.2) is 5.13 Å². The van der Waals surface area contributed by atoms with Crippen molar-refractivity contribution in [2.24, 2.45) is 5.73 Å². The zero-order valence-electron chi connectivity index (χ0n) is 11.0. The van der Waals surface area contributed by atoms with Gasteiger partial charge in [-0.1, -0.05) is 6.07 Å². The van der Waals surface area contributed by atoms with E-state index < -0.39 is 5.91 Å². The molecule has 0 bridgehead atoms. The van der Waals surface area contributed by atoms with Crippen LogP contribution in [0.5, 0.6) is 0 Å². The molecule has 0 saturated carbocycles. The average molecular weight is 296 g/mol. The predicted molar refractivity (Wildman–Crippen MR) is 83.6 cm³/mol. The van der Waals surface area contributed by atoms with Crippen molar-refractivity contribution in [2.45, 2.75) is 0 Å². The Hall–Kier alpha value is -2.73. The van der Waals surface area contributed by atoms with Crippen molar-refractivity contribution in [3.05, 3.63) is 59.7 Å². The first kappa shape index (κ1) is 13.3. The molecule has 1 aromatic carbocycles. The Morgan fingerprint density at radius 2 is 2.14 bits per heavy atom. The third kappa shape index (κ3) is 3.06. The van der Waals surface area contributed by atoms with Crippen LogP contribution in [-0.2, 0) is 0 Å². The lowest BCUT2D eigenvalue weighted by molar-refractivity contribution is 0.100. The van der Waals surface area contributed by atoms with Crippen LogP contribution in [0.25, 0.3) is 11.3 Å². The fourth-order valence-electron chi connectivity index (χ4n) is 1.85. The first-order valence-corrected chi connectivity index (χ1v) is 7.13. The van der Waals surface area contributed by atoms with E-state index in [1.807, 2.05) is 23.6 Å². The Kier molecular flexibility index (Phi) is 3.61. The molecule has 3 N–H and O–H groups in total. The van der Waals surface area contributed by atoms with Crippen LogP contribution in [0.1, 0.15) is 10.4 Å². The Bertz CT molecular complexity index is 770. The minimum atomic E-state index is -0.450. The van der Waals surface area contributed by atoms with Gasteiger partial charge in [0.25, 0.3) is 0 Å². The molecule has 0 unspecified atom stereocenters. The Morgan fingerprint density at radius 1 is 1.24 bits per heavy atom. The van der Waals surface area contributed by atoms with Gasteiger partial charge in [-0.3, -0.25) is 9.78 Å². The maximum Gasteiger partial charge on any atom is 0.248 e. The highest BCUT2D eigenvalue weighted by Gasteiger charge is 2.06. The topological polar surface area (TPSA) is 80.9 Å². The lowest BCUT2D eigenvalue weighted by Gasteiger charge is -2.03. The van der Waals surface area contributed by atoms with Gasteiger partial charge >= 0.3 is 0 Å². The van der Waals surface area contributed by atoms with E-state index in [1.165, 1.54) is 11.3 Å². The normalized spacial score (nSPS) is 10.3. The smallest absolute Gasteiger partial charge is 0.248 e. The summed E-state index contributed by atoms with van der Waals surface area (Å²) in [6.45, 7) is 0. The number of carbonyl (C=O) groups is 1. The van der Waals surface area contributed by atoms with E-state index in [0.29, 0.717) is 5.56 Å². The Balaban J connectivity index is 1.82. The molecule has 5 nitrogen and oxygen atoms in total. The van der Waals surface area contributed by atoms with E-state index in [4.69, 9.17) is 5.73 Å². The summed E-state index contributed by atoms with van der Waals surface area (Å²) >= 11 is 1.49. The minimum absolute atomic E-state index is 0.450. The molecule has 2 heterocycles. The number of anilines is 2. The predicted octanol–water partition coefficient (Wildman–Crippen LogP) is 3.05. The number of nitrogens with zero attached hydrogens (tertiary/aromatic N) is 2. The van der Waals surface area contributed by atoms with Crippen molar-refractivity contribution in [3.63, 3.8) is 0 Å². The van der Waals surface area contributed by atoms with Crippen molar-refractivity contribution < 1.29 is 4.79 Å². The third-order valence-corrected chi connectivity index (χ3v) is 3.62. The molecular weight excluding hydrogens is 284 g/mol. The summed E-state index contributed by atoms with van der Waals surface area (Å²) in [7, 11) is 0. The fraction of sp³-hybridized carbons (Fsp3) is 0. The first-order chi connectivity index (χ1) is 10.2. The summed E-state index contributed by atoms with van der Waals surface area (Å²) < 4.78 is 0. The van der Waals surface area contributed by atoms with E-state index in [1.54, 1.807) is 30.6 Å². The molecule has 0 aliphatic carbocycles. The molecule has 3 aromatic rings. The molecule has 104 valence electrons. The minimum Gasteiger partial charge on any atom is -0.366 e. The molecule has 0 aliphatic heterocycles. The second-order valence-corrected chi connectivity index (χ2v) is 5.21. The van der Waals surface area contributed by atoms with Crippen molar-refractivity contribution in [1.82, 2.24) is 9.97 Å². The monoisotopic (exact) mass is 296 g/mol. The van der Waals surface area contributed by atoms with Crippen LogP contribution in [0, 0.1) is 0 Å². The number of nitrogens with one attached hydrogen (secondary N) is 1. The second-order valence-electron chi connectivity index (χ2n) is 4.35. The van der Waals surface area contributed by atoms with Crippen LogP contribution >= 0.6 is 11.3 Å². The number of aromatic nitrogens is 2. The lowest BCUT2D eigenvalue weighted by atomic mass is 10.2. The van der Waals surface area contributed by atoms with Crippen LogP contribution in [0.4, 0.5) is 10.8 Å². The van der Waals surface area contributed by atoms with Gasteiger partial charge < -0.3 is 11.1 Å². The quantitative estimate of drug-likeness (QED) is 0.775. The van der Waals surface area contributed by atoms with Gasteiger partial charge in [0.2, 0.25) is 5.91 Å². The largest absolute Gasteiger partial charge is 0.366 e. The summed E-state index contributed by atoms with van der Waals surface area (Å²) in [5, 5.41) is 5.87. The van der Waals surface area contributed by atoms with Gasteiger partial charge in [-0.15, -0.1) is 11.3 Å². The average Bonchev–Trinajstić information content (AvgIpc) is 2.97. The Morgan fingerprint density at radius 3 is 2.90 bits per heavy atom. The van der Waals surface area contributed by atoms with Crippen LogP contribution in [0.15, 0.2) is 54.2 Å². The van der Waals surface area contributed by atoms with Crippen molar-refractivity contribution in [3.8, 4) is 11.3 Å². The van der Waals surface area contributed by atoms with Crippen LogP contribution in [-0.4, -0.2) is 15.9 Å². The van der Waals surface area contributed by atoms with Crippen LogP contribution in [0.3, 0.4) is 0 Å². The number of thiazole rings is 1. The SMILES string of the molecule is NC(=O)c1cccc(Nc2nc(-c3cccnc3)cs2)c1. The molecule has 0 atom stereocenters. The van der Waals surface area contributed by atoms with Crippen molar-refractivity contribution >= 4 is 28.1 Å². The molecule has 0 fully saturated rings. The highest BCUT2D eigenvalue weighted by Crippen LogP contribution is 2.26. The number of primary amides is 1. The number of hydrogen-bond donors (Lipinski definition) is 2. The van der Waals surface area contributed by atoms with Crippen molar-refractivity contribution in [1.29, 1.82) is 0 Å². The van der Waals surface area contributed by atoms with Gasteiger partial charge in [0.1, 0.15) is 0 Å². The summed E-state index contributed by atoms with van der Waals surface area (Å²) in [4.78, 5) is 19.7. The number of rotatable bonds is 4. The van der Waals surface area contributed by atoms with Gasteiger partial charge in [-0.25, -0.2) is 4.98 Å². The maximum atomic E-state index is 11.2. The summed E-state index contributed by atoms with van der Waals surface area (Å²) in [5.41, 5.74) is 8.34.